The van der Waals surface area contributed by atoms with Crippen molar-refractivity contribution in [2.45, 2.75) is 26.8 Å². The summed E-state index contributed by atoms with van der Waals surface area (Å²) in [6.45, 7) is 8.41. The zero-order valence-corrected chi connectivity index (χ0v) is 13.0. The summed E-state index contributed by atoms with van der Waals surface area (Å²) >= 11 is 5.37. The number of ether oxygens (including phenoxy) is 1. The van der Waals surface area contributed by atoms with Gasteiger partial charge < -0.3 is 19.2 Å². The van der Waals surface area contributed by atoms with Crippen molar-refractivity contribution in [2.75, 3.05) is 26.7 Å². The highest BCUT2D eigenvalue weighted by Crippen LogP contribution is 2.20. The first-order chi connectivity index (χ1) is 9.71. The summed E-state index contributed by atoms with van der Waals surface area (Å²) in [5.41, 5.74) is 1.57. The van der Waals surface area contributed by atoms with Crippen LogP contribution in [0, 0.1) is 4.77 Å². The number of rotatable bonds is 7. The third-order valence-electron chi connectivity index (χ3n) is 3.47. The van der Waals surface area contributed by atoms with Crippen molar-refractivity contribution in [1.82, 2.24) is 24.4 Å². The second kappa shape index (κ2) is 6.81. The lowest BCUT2D eigenvalue weighted by atomic mass is 10.3. The van der Waals surface area contributed by atoms with Crippen molar-refractivity contribution in [3.8, 4) is 5.88 Å². The van der Waals surface area contributed by atoms with Crippen LogP contribution in [0.1, 0.15) is 20.3 Å². The number of aryl methyl sites for hydroxylation is 1. The molecule has 0 saturated heterocycles. The van der Waals surface area contributed by atoms with Crippen LogP contribution in [0.4, 0.5) is 0 Å². The van der Waals surface area contributed by atoms with Gasteiger partial charge in [0.15, 0.2) is 10.4 Å². The molecule has 0 aliphatic rings. The van der Waals surface area contributed by atoms with Gasteiger partial charge >= 0.3 is 0 Å². The van der Waals surface area contributed by atoms with Crippen molar-refractivity contribution in [3.05, 3.63) is 11.1 Å². The topological polar surface area (TPSA) is 59.0 Å². The lowest BCUT2D eigenvalue weighted by Crippen LogP contribution is -2.24. The lowest BCUT2D eigenvalue weighted by Gasteiger charge is -2.17. The van der Waals surface area contributed by atoms with Crippen molar-refractivity contribution in [3.63, 3.8) is 0 Å². The summed E-state index contributed by atoms with van der Waals surface area (Å²) in [7, 11) is 1.59. The van der Waals surface area contributed by atoms with Gasteiger partial charge in [-0.1, -0.05) is 13.8 Å². The Balaban J connectivity index is 2.18. The van der Waals surface area contributed by atoms with E-state index in [2.05, 4.69) is 33.7 Å². The predicted molar refractivity (Wildman–Crippen MR) is 81.7 cm³/mol. The molecule has 0 radical (unpaired) electrons. The molecule has 0 fully saturated rings. The molecular formula is C13H21N5OS. The fourth-order valence-corrected chi connectivity index (χ4v) is 2.58. The van der Waals surface area contributed by atoms with Gasteiger partial charge in [-0.15, -0.1) is 0 Å². The molecule has 0 aromatic carbocycles. The molecule has 0 bridgehead atoms. The number of hydrogen-bond donors (Lipinski definition) is 1. The predicted octanol–water partition coefficient (Wildman–Crippen LogP) is 2.23. The maximum Gasteiger partial charge on any atom is 0.242 e. The molecule has 0 amide bonds. The van der Waals surface area contributed by atoms with E-state index < -0.39 is 0 Å². The van der Waals surface area contributed by atoms with Crippen LogP contribution in [-0.4, -0.2) is 51.2 Å². The van der Waals surface area contributed by atoms with Gasteiger partial charge in [-0.25, -0.2) is 4.98 Å². The van der Waals surface area contributed by atoms with Crippen LogP contribution in [0.3, 0.4) is 0 Å². The third kappa shape index (κ3) is 2.99. The number of aromatic nitrogens is 4. The van der Waals surface area contributed by atoms with Gasteiger partial charge in [0.25, 0.3) is 0 Å². The molecule has 0 aliphatic heterocycles. The van der Waals surface area contributed by atoms with E-state index in [4.69, 9.17) is 17.0 Å². The highest BCUT2D eigenvalue weighted by atomic mass is 32.1. The van der Waals surface area contributed by atoms with Gasteiger partial charge in [0.1, 0.15) is 11.8 Å². The van der Waals surface area contributed by atoms with E-state index in [1.54, 1.807) is 7.11 Å². The quantitative estimate of drug-likeness (QED) is 0.794. The zero-order chi connectivity index (χ0) is 14.5. The lowest BCUT2D eigenvalue weighted by molar-refractivity contribution is 0.293. The van der Waals surface area contributed by atoms with E-state index in [1.807, 2.05) is 4.57 Å². The molecule has 2 aromatic heterocycles. The first-order valence-corrected chi connectivity index (χ1v) is 7.31. The Bertz CT molecular complexity index is 617. The summed E-state index contributed by atoms with van der Waals surface area (Å²) in [5, 5.41) is 0. The van der Waals surface area contributed by atoms with E-state index in [9.17, 15) is 0 Å². The summed E-state index contributed by atoms with van der Waals surface area (Å²) in [6.07, 6.45) is 2.54. The fourth-order valence-electron chi connectivity index (χ4n) is 2.30. The Morgan fingerprint density at radius 2 is 2.10 bits per heavy atom. The third-order valence-corrected chi connectivity index (χ3v) is 3.79. The molecular weight excluding hydrogens is 274 g/mol. The minimum absolute atomic E-state index is 0.531. The monoisotopic (exact) mass is 295 g/mol. The molecule has 0 atom stereocenters. The Morgan fingerprint density at radius 3 is 2.75 bits per heavy atom. The SMILES string of the molecule is CCN(CC)CCCn1c(=S)[nH]c2c(OC)ncnc21. The number of methoxy groups -OCH3 is 1. The normalized spacial score (nSPS) is 11.4. The Labute approximate surface area is 123 Å². The smallest absolute Gasteiger partial charge is 0.242 e. The number of H-pyrrole nitrogens is 1. The fraction of sp³-hybridized carbons (Fsp3) is 0.615. The molecule has 0 saturated carbocycles. The van der Waals surface area contributed by atoms with Crippen LogP contribution in [0.2, 0.25) is 0 Å². The zero-order valence-electron chi connectivity index (χ0n) is 12.2. The van der Waals surface area contributed by atoms with E-state index in [0.717, 1.165) is 43.8 Å². The Hall–Kier alpha value is -1.47. The minimum atomic E-state index is 0.531. The molecule has 110 valence electrons. The average molecular weight is 295 g/mol. The molecule has 2 aromatic rings. The molecule has 7 heteroatoms. The van der Waals surface area contributed by atoms with Gasteiger partial charge in [-0.05, 0) is 38.3 Å². The van der Waals surface area contributed by atoms with Crippen molar-refractivity contribution in [1.29, 1.82) is 0 Å². The van der Waals surface area contributed by atoms with Crippen LogP contribution < -0.4 is 4.74 Å². The molecule has 20 heavy (non-hydrogen) atoms. The van der Waals surface area contributed by atoms with E-state index in [0.29, 0.717) is 10.7 Å². The van der Waals surface area contributed by atoms with Gasteiger partial charge in [0.2, 0.25) is 5.88 Å². The molecule has 0 spiro atoms. The first-order valence-electron chi connectivity index (χ1n) is 6.91. The molecule has 0 aliphatic carbocycles. The molecule has 0 unspecified atom stereocenters. The van der Waals surface area contributed by atoms with E-state index in [1.165, 1.54) is 6.33 Å². The van der Waals surface area contributed by atoms with Gasteiger partial charge in [0.05, 0.1) is 7.11 Å². The number of nitrogens with zero attached hydrogens (tertiary/aromatic N) is 4. The highest BCUT2D eigenvalue weighted by molar-refractivity contribution is 7.71. The number of aromatic amines is 1. The standard InChI is InChI=1S/C13H21N5OS/c1-4-17(5-2)7-6-8-18-11-10(16-13(18)20)12(19-3)15-9-14-11/h9H,4-8H2,1-3H3,(H,16,20). The minimum Gasteiger partial charge on any atom is -0.479 e. The van der Waals surface area contributed by atoms with Crippen molar-refractivity contribution >= 4 is 23.4 Å². The Morgan fingerprint density at radius 1 is 1.35 bits per heavy atom. The van der Waals surface area contributed by atoms with Crippen LogP contribution in [0.25, 0.3) is 11.2 Å². The molecule has 6 nitrogen and oxygen atoms in total. The maximum absolute atomic E-state index is 5.37. The summed E-state index contributed by atoms with van der Waals surface area (Å²) in [4.78, 5) is 13.9. The van der Waals surface area contributed by atoms with Gasteiger partial charge in [0, 0.05) is 6.54 Å². The number of hydrogen-bond acceptors (Lipinski definition) is 5. The average Bonchev–Trinajstić information content (AvgIpc) is 2.79. The van der Waals surface area contributed by atoms with E-state index >= 15 is 0 Å². The number of nitrogens with one attached hydrogen (secondary N) is 1. The van der Waals surface area contributed by atoms with Crippen LogP contribution in [0.15, 0.2) is 6.33 Å². The van der Waals surface area contributed by atoms with Crippen LogP contribution in [0.5, 0.6) is 5.88 Å². The number of imidazole rings is 1. The summed E-state index contributed by atoms with van der Waals surface area (Å²) < 4.78 is 7.90. The maximum atomic E-state index is 5.37. The van der Waals surface area contributed by atoms with Crippen LogP contribution in [-0.2, 0) is 6.54 Å². The molecule has 1 N–H and O–H groups in total. The van der Waals surface area contributed by atoms with Gasteiger partial charge in [-0.2, -0.15) is 4.98 Å². The van der Waals surface area contributed by atoms with E-state index in [-0.39, 0.29) is 0 Å². The first kappa shape index (κ1) is 14.9. The molecule has 2 rings (SSSR count). The second-order valence-electron chi connectivity index (χ2n) is 4.54. The van der Waals surface area contributed by atoms with Gasteiger partial charge in [-0.3, -0.25) is 0 Å². The van der Waals surface area contributed by atoms with Crippen LogP contribution >= 0.6 is 12.2 Å². The largest absolute Gasteiger partial charge is 0.479 e. The van der Waals surface area contributed by atoms with Crippen molar-refractivity contribution < 1.29 is 4.74 Å². The van der Waals surface area contributed by atoms with Crippen molar-refractivity contribution in [2.24, 2.45) is 0 Å². The Kier molecular flexibility index (Phi) is 5.08. The molecule has 2 heterocycles. The number of fused-ring (bicyclic) bond motifs is 1. The highest BCUT2D eigenvalue weighted by Gasteiger charge is 2.11. The summed E-state index contributed by atoms with van der Waals surface area (Å²) in [6, 6.07) is 0. The second-order valence-corrected chi connectivity index (χ2v) is 4.93. The summed E-state index contributed by atoms with van der Waals surface area (Å²) in [5.74, 6) is 0.531.